The van der Waals surface area contributed by atoms with E-state index >= 15 is 0 Å². The standard InChI is InChI=1S/C22H21FN6O2.CH5N/c1-13-11-29-12-14(9-16(23)21(29)25-13)26-22(30)15-5-6-17(28-7-3-4-8-28)20-19(15)24-10-18(27-20)31-2;1-2/h5-6,9-12H,3-4,7-8H2,1-2H3,(H,26,30);2H2,1H3. The van der Waals surface area contributed by atoms with Gasteiger partial charge in [-0.2, -0.15) is 0 Å². The molecule has 9 nitrogen and oxygen atoms in total. The van der Waals surface area contributed by atoms with Gasteiger partial charge in [0.1, 0.15) is 11.0 Å². The zero-order valence-electron chi connectivity index (χ0n) is 18.8. The normalized spacial score (nSPS) is 13.2. The third kappa shape index (κ3) is 4.29. The molecule has 0 unspecified atom stereocenters. The molecule has 0 atom stereocenters. The maximum absolute atomic E-state index is 14.4. The summed E-state index contributed by atoms with van der Waals surface area (Å²) in [6, 6.07) is 4.89. The van der Waals surface area contributed by atoms with E-state index in [1.54, 1.807) is 29.8 Å². The van der Waals surface area contributed by atoms with Gasteiger partial charge in [0.05, 0.1) is 35.9 Å². The zero-order valence-corrected chi connectivity index (χ0v) is 18.8. The van der Waals surface area contributed by atoms with Crippen molar-refractivity contribution in [1.29, 1.82) is 0 Å². The van der Waals surface area contributed by atoms with E-state index in [1.807, 2.05) is 6.07 Å². The SMILES string of the molecule is CN.COc1cnc2c(C(=O)Nc3cc(F)c4nc(C)cn4c3)ccc(N3CCCC3)c2n1. The van der Waals surface area contributed by atoms with Crippen molar-refractivity contribution in [2.75, 3.05) is 37.5 Å². The number of carbonyl (C=O) groups excluding carboxylic acids is 1. The van der Waals surface area contributed by atoms with Crippen LogP contribution in [0, 0.1) is 12.7 Å². The van der Waals surface area contributed by atoms with Gasteiger partial charge in [-0.3, -0.25) is 4.79 Å². The molecule has 1 aliphatic heterocycles. The lowest BCUT2D eigenvalue weighted by atomic mass is 10.1. The average Bonchev–Trinajstić information content (AvgIpc) is 3.49. The lowest BCUT2D eigenvalue weighted by Crippen LogP contribution is -2.20. The van der Waals surface area contributed by atoms with Crippen LogP contribution in [0.2, 0.25) is 0 Å². The molecule has 0 radical (unpaired) electrons. The first-order valence-electron chi connectivity index (χ1n) is 10.7. The smallest absolute Gasteiger partial charge is 0.257 e. The fraction of sp³-hybridized carbons (Fsp3) is 0.304. The maximum Gasteiger partial charge on any atom is 0.257 e. The van der Waals surface area contributed by atoms with Gasteiger partial charge in [0.25, 0.3) is 5.91 Å². The summed E-state index contributed by atoms with van der Waals surface area (Å²) in [5.74, 6) is -0.522. The predicted octanol–water partition coefficient (Wildman–Crippen LogP) is 3.16. The molecule has 172 valence electrons. The summed E-state index contributed by atoms with van der Waals surface area (Å²) in [5.41, 5.74) is 8.10. The van der Waals surface area contributed by atoms with E-state index in [2.05, 4.69) is 30.9 Å². The van der Waals surface area contributed by atoms with Gasteiger partial charge in [0.2, 0.25) is 5.88 Å². The van der Waals surface area contributed by atoms with Crippen LogP contribution in [0.3, 0.4) is 0 Å². The van der Waals surface area contributed by atoms with Crippen molar-refractivity contribution in [3.8, 4) is 5.88 Å². The van der Waals surface area contributed by atoms with Crippen LogP contribution in [0.25, 0.3) is 16.7 Å². The third-order valence-corrected chi connectivity index (χ3v) is 5.44. The molecule has 5 rings (SSSR count). The second-order valence-electron chi connectivity index (χ2n) is 7.58. The topological polar surface area (TPSA) is 111 Å². The van der Waals surface area contributed by atoms with Crippen molar-refractivity contribution in [3.05, 3.63) is 53.9 Å². The molecular weight excluding hydrogens is 425 g/mol. The molecule has 1 amide bonds. The fourth-order valence-electron chi connectivity index (χ4n) is 4.01. The summed E-state index contributed by atoms with van der Waals surface area (Å²) in [6.45, 7) is 3.65. The van der Waals surface area contributed by atoms with Gasteiger partial charge in [0.15, 0.2) is 11.5 Å². The fourth-order valence-corrected chi connectivity index (χ4v) is 4.01. The van der Waals surface area contributed by atoms with Crippen LogP contribution in [0.4, 0.5) is 15.8 Å². The van der Waals surface area contributed by atoms with Gasteiger partial charge >= 0.3 is 0 Å². The van der Waals surface area contributed by atoms with Crippen molar-refractivity contribution in [2.24, 2.45) is 5.73 Å². The lowest BCUT2D eigenvalue weighted by Gasteiger charge is -2.20. The molecule has 0 aliphatic carbocycles. The summed E-state index contributed by atoms with van der Waals surface area (Å²) in [7, 11) is 3.03. The average molecular weight is 452 g/mol. The number of aryl methyl sites for hydroxylation is 1. The number of benzene rings is 1. The lowest BCUT2D eigenvalue weighted by molar-refractivity contribution is 0.102. The summed E-state index contributed by atoms with van der Waals surface area (Å²) in [6.07, 6.45) is 7.05. The van der Waals surface area contributed by atoms with Gasteiger partial charge in [-0.05, 0) is 38.9 Å². The number of fused-ring (bicyclic) bond motifs is 2. The van der Waals surface area contributed by atoms with Crippen molar-refractivity contribution >= 4 is 34.0 Å². The first-order chi connectivity index (χ1) is 16.0. The molecule has 1 aliphatic rings. The van der Waals surface area contributed by atoms with Crippen LogP contribution < -0.4 is 20.7 Å². The Bertz CT molecular complexity index is 1320. The molecule has 1 saturated heterocycles. The molecule has 0 spiro atoms. The minimum Gasteiger partial charge on any atom is -0.480 e. The van der Waals surface area contributed by atoms with E-state index in [0.717, 1.165) is 31.6 Å². The number of amides is 1. The third-order valence-electron chi connectivity index (χ3n) is 5.44. The van der Waals surface area contributed by atoms with Crippen LogP contribution >= 0.6 is 0 Å². The van der Waals surface area contributed by atoms with Crippen LogP contribution in [0.5, 0.6) is 5.88 Å². The number of hydrogen-bond donors (Lipinski definition) is 2. The number of nitrogens with zero attached hydrogens (tertiary/aromatic N) is 5. The van der Waals surface area contributed by atoms with Gasteiger partial charge in [-0.1, -0.05) is 0 Å². The number of nitrogens with two attached hydrogens (primary N) is 1. The van der Waals surface area contributed by atoms with Crippen molar-refractivity contribution in [1.82, 2.24) is 19.4 Å². The molecule has 3 N–H and O–H groups in total. The highest BCUT2D eigenvalue weighted by Crippen LogP contribution is 2.31. The van der Waals surface area contributed by atoms with E-state index in [0.29, 0.717) is 33.9 Å². The van der Waals surface area contributed by atoms with Gasteiger partial charge in [-0.25, -0.2) is 19.3 Å². The Hall–Kier alpha value is -3.79. The first kappa shape index (κ1) is 22.4. The largest absolute Gasteiger partial charge is 0.480 e. The number of pyridine rings is 1. The molecule has 4 aromatic rings. The highest BCUT2D eigenvalue weighted by molar-refractivity contribution is 6.13. The van der Waals surface area contributed by atoms with E-state index < -0.39 is 11.7 Å². The highest BCUT2D eigenvalue weighted by Gasteiger charge is 2.21. The number of imidazole rings is 1. The number of nitrogens with one attached hydrogen (secondary N) is 1. The Kier molecular flexibility index (Phi) is 6.36. The van der Waals surface area contributed by atoms with Crippen LogP contribution in [0.1, 0.15) is 28.9 Å². The highest BCUT2D eigenvalue weighted by atomic mass is 19.1. The van der Waals surface area contributed by atoms with E-state index in [9.17, 15) is 9.18 Å². The predicted molar refractivity (Wildman–Crippen MR) is 125 cm³/mol. The number of aromatic nitrogens is 4. The van der Waals surface area contributed by atoms with Crippen LogP contribution in [0.15, 0.2) is 36.8 Å². The number of anilines is 2. The minimum absolute atomic E-state index is 0.217. The van der Waals surface area contributed by atoms with Crippen molar-refractivity contribution < 1.29 is 13.9 Å². The zero-order chi connectivity index (χ0) is 23.5. The summed E-state index contributed by atoms with van der Waals surface area (Å²) < 4.78 is 21.2. The van der Waals surface area contributed by atoms with E-state index in [-0.39, 0.29) is 5.65 Å². The molecule has 0 saturated carbocycles. The van der Waals surface area contributed by atoms with Crippen LogP contribution in [-0.2, 0) is 0 Å². The molecule has 1 aromatic carbocycles. The summed E-state index contributed by atoms with van der Waals surface area (Å²) in [4.78, 5) is 28.5. The van der Waals surface area contributed by atoms with Crippen molar-refractivity contribution in [2.45, 2.75) is 19.8 Å². The van der Waals surface area contributed by atoms with Gasteiger partial charge < -0.3 is 25.1 Å². The Balaban J connectivity index is 0.00000126. The second kappa shape index (κ2) is 9.37. The second-order valence-corrected chi connectivity index (χ2v) is 7.58. The number of hydrogen-bond acceptors (Lipinski definition) is 7. The molecule has 10 heteroatoms. The minimum atomic E-state index is -0.510. The number of rotatable bonds is 4. The molecule has 3 aromatic heterocycles. The summed E-state index contributed by atoms with van der Waals surface area (Å²) >= 11 is 0. The molecule has 33 heavy (non-hydrogen) atoms. The molecule has 0 bridgehead atoms. The quantitative estimate of drug-likeness (QED) is 0.490. The van der Waals surface area contributed by atoms with E-state index in [4.69, 9.17) is 4.74 Å². The van der Waals surface area contributed by atoms with Gasteiger partial charge in [-0.15, -0.1) is 0 Å². The number of carbonyl (C=O) groups is 1. The first-order valence-corrected chi connectivity index (χ1v) is 10.7. The molecule has 4 heterocycles. The molecule has 1 fully saturated rings. The van der Waals surface area contributed by atoms with Crippen LogP contribution in [-0.4, -0.2) is 52.5 Å². The van der Waals surface area contributed by atoms with E-state index in [1.165, 1.54) is 26.4 Å². The Morgan fingerprint density at radius 1 is 1.15 bits per heavy atom. The Morgan fingerprint density at radius 3 is 2.64 bits per heavy atom. The maximum atomic E-state index is 14.4. The van der Waals surface area contributed by atoms with Gasteiger partial charge in [0, 0.05) is 31.5 Å². The number of methoxy groups -OCH3 is 1. The number of ether oxygens (including phenoxy) is 1. The van der Waals surface area contributed by atoms with Crippen molar-refractivity contribution in [3.63, 3.8) is 0 Å². The summed E-state index contributed by atoms with van der Waals surface area (Å²) in [5, 5.41) is 2.77. The monoisotopic (exact) mass is 451 g/mol. The number of halogens is 1. The Labute approximate surface area is 190 Å². The Morgan fingerprint density at radius 2 is 1.91 bits per heavy atom. The molecular formula is C23H26FN7O2.